The maximum atomic E-state index is 12.1. The molecular formula is C23H20ClNO3. The molecule has 0 bridgehead atoms. The molecule has 0 aliphatic carbocycles. The molecule has 0 aliphatic heterocycles. The van der Waals surface area contributed by atoms with Crippen molar-refractivity contribution in [3.8, 4) is 5.75 Å². The van der Waals surface area contributed by atoms with Crippen LogP contribution in [-0.4, -0.2) is 19.1 Å². The maximum Gasteiger partial charge on any atom is 0.336 e. The normalized spacial score (nSPS) is 11.4. The molecule has 0 saturated heterocycles. The quantitative estimate of drug-likeness (QED) is 0.343. The van der Waals surface area contributed by atoms with Gasteiger partial charge in [-0.3, -0.25) is 4.90 Å². The van der Waals surface area contributed by atoms with Gasteiger partial charge in [0.15, 0.2) is 0 Å². The van der Waals surface area contributed by atoms with Crippen LogP contribution in [0, 0.1) is 0 Å². The summed E-state index contributed by atoms with van der Waals surface area (Å²) in [6.07, 6.45) is 0. The third kappa shape index (κ3) is 3.61. The van der Waals surface area contributed by atoms with Crippen LogP contribution >= 0.6 is 11.6 Å². The van der Waals surface area contributed by atoms with E-state index in [-0.39, 0.29) is 5.63 Å². The molecule has 28 heavy (non-hydrogen) atoms. The lowest BCUT2D eigenvalue weighted by atomic mass is 10.0. The number of ether oxygens (including phenoxy) is 1. The molecule has 3 aromatic carbocycles. The Morgan fingerprint density at radius 1 is 1.00 bits per heavy atom. The zero-order valence-corrected chi connectivity index (χ0v) is 16.5. The standard InChI is InChI=1S/C23H20ClNO3/c1-25(13-16-11-18(24)8-10-20(16)27-2)14-17-12-22(26)28-21-9-7-15-5-3-4-6-19(15)23(17)21/h3-12H,13-14H2,1-2H3. The van der Waals surface area contributed by atoms with Gasteiger partial charge in [-0.2, -0.15) is 0 Å². The predicted octanol–water partition coefficient (Wildman–Crippen LogP) is 5.24. The Morgan fingerprint density at radius 3 is 2.61 bits per heavy atom. The van der Waals surface area contributed by atoms with Crippen molar-refractivity contribution < 1.29 is 9.15 Å². The number of methoxy groups -OCH3 is 1. The summed E-state index contributed by atoms with van der Waals surface area (Å²) in [5.74, 6) is 0.791. The largest absolute Gasteiger partial charge is 0.496 e. The third-order valence-electron chi connectivity index (χ3n) is 4.84. The maximum absolute atomic E-state index is 12.1. The van der Waals surface area contributed by atoms with Gasteiger partial charge in [-0.05, 0) is 47.6 Å². The Hall–Kier alpha value is -2.82. The van der Waals surface area contributed by atoms with Crippen molar-refractivity contribution >= 4 is 33.3 Å². The smallest absolute Gasteiger partial charge is 0.336 e. The van der Waals surface area contributed by atoms with Crippen molar-refractivity contribution in [2.75, 3.05) is 14.2 Å². The lowest BCUT2D eigenvalue weighted by molar-refractivity contribution is 0.310. The average Bonchev–Trinajstić information content (AvgIpc) is 2.67. The number of hydrogen-bond donors (Lipinski definition) is 0. The van der Waals surface area contributed by atoms with E-state index in [1.54, 1.807) is 13.2 Å². The van der Waals surface area contributed by atoms with E-state index in [0.717, 1.165) is 33.0 Å². The van der Waals surface area contributed by atoms with Gasteiger partial charge < -0.3 is 9.15 Å². The van der Waals surface area contributed by atoms with Crippen molar-refractivity contribution in [1.82, 2.24) is 4.90 Å². The van der Waals surface area contributed by atoms with Crippen molar-refractivity contribution in [2.24, 2.45) is 0 Å². The first-order valence-electron chi connectivity index (χ1n) is 9.00. The summed E-state index contributed by atoms with van der Waals surface area (Å²) in [6.45, 7) is 1.22. The number of benzene rings is 3. The van der Waals surface area contributed by atoms with Crippen LogP contribution in [-0.2, 0) is 13.1 Å². The summed E-state index contributed by atoms with van der Waals surface area (Å²) in [4.78, 5) is 14.2. The van der Waals surface area contributed by atoms with Crippen LogP contribution in [0.25, 0.3) is 21.7 Å². The van der Waals surface area contributed by atoms with E-state index in [9.17, 15) is 4.79 Å². The first-order chi connectivity index (χ1) is 13.5. The molecule has 0 atom stereocenters. The average molecular weight is 394 g/mol. The van der Waals surface area contributed by atoms with Crippen LogP contribution in [0.4, 0.5) is 0 Å². The molecule has 4 aromatic rings. The Bertz CT molecular complexity index is 1220. The summed E-state index contributed by atoms with van der Waals surface area (Å²) in [5.41, 5.74) is 2.20. The van der Waals surface area contributed by atoms with Crippen LogP contribution in [0.2, 0.25) is 5.02 Å². The van der Waals surface area contributed by atoms with Crippen molar-refractivity contribution in [3.05, 3.63) is 87.2 Å². The molecule has 1 aromatic heterocycles. The minimum atomic E-state index is -0.341. The fraction of sp³-hybridized carbons (Fsp3) is 0.174. The van der Waals surface area contributed by atoms with Gasteiger partial charge in [-0.1, -0.05) is 41.9 Å². The number of nitrogens with zero attached hydrogens (tertiary/aromatic N) is 1. The summed E-state index contributed by atoms with van der Waals surface area (Å²) >= 11 is 6.15. The van der Waals surface area contributed by atoms with E-state index in [1.165, 1.54) is 0 Å². The van der Waals surface area contributed by atoms with E-state index in [0.29, 0.717) is 23.7 Å². The second-order valence-corrected chi connectivity index (χ2v) is 7.32. The molecule has 0 fully saturated rings. The molecule has 4 nitrogen and oxygen atoms in total. The number of rotatable bonds is 5. The molecular weight excluding hydrogens is 374 g/mol. The first-order valence-corrected chi connectivity index (χ1v) is 9.38. The van der Waals surface area contributed by atoms with Gasteiger partial charge in [0, 0.05) is 35.1 Å². The Labute approximate surface area is 167 Å². The molecule has 0 aliphatic rings. The molecule has 0 radical (unpaired) electrons. The van der Waals surface area contributed by atoms with Gasteiger partial charge in [-0.15, -0.1) is 0 Å². The fourth-order valence-electron chi connectivity index (χ4n) is 3.65. The summed E-state index contributed by atoms with van der Waals surface area (Å²) in [5, 5.41) is 3.83. The SMILES string of the molecule is COc1ccc(Cl)cc1CN(C)Cc1cc(=O)oc2ccc3ccccc3c12. The lowest BCUT2D eigenvalue weighted by Crippen LogP contribution is -2.19. The summed E-state index contributed by atoms with van der Waals surface area (Å²) in [6, 6.07) is 19.1. The molecule has 0 unspecified atom stereocenters. The topological polar surface area (TPSA) is 42.7 Å². The van der Waals surface area contributed by atoms with E-state index in [4.69, 9.17) is 20.8 Å². The minimum Gasteiger partial charge on any atom is -0.496 e. The first kappa shape index (κ1) is 18.5. The van der Waals surface area contributed by atoms with Gasteiger partial charge >= 0.3 is 5.63 Å². The number of hydrogen-bond acceptors (Lipinski definition) is 4. The molecule has 1 heterocycles. The zero-order valence-electron chi connectivity index (χ0n) is 15.7. The van der Waals surface area contributed by atoms with Crippen molar-refractivity contribution in [2.45, 2.75) is 13.1 Å². The van der Waals surface area contributed by atoms with Gasteiger partial charge in [-0.25, -0.2) is 4.79 Å². The lowest BCUT2D eigenvalue weighted by Gasteiger charge is -2.20. The van der Waals surface area contributed by atoms with Crippen molar-refractivity contribution in [3.63, 3.8) is 0 Å². The third-order valence-corrected chi connectivity index (χ3v) is 5.07. The highest BCUT2D eigenvalue weighted by Gasteiger charge is 2.13. The highest BCUT2D eigenvalue weighted by atomic mass is 35.5. The van der Waals surface area contributed by atoms with E-state index >= 15 is 0 Å². The van der Waals surface area contributed by atoms with Crippen LogP contribution < -0.4 is 10.4 Å². The molecule has 0 amide bonds. The van der Waals surface area contributed by atoms with Gasteiger partial charge in [0.05, 0.1) is 7.11 Å². The van der Waals surface area contributed by atoms with E-state index < -0.39 is 0 Å². The van der Waals surface area contributed by atoms with E-state index in [1.807, 2.05) is 49.5 Å². The van der Waals surface area contributed by atoms with Crippen LogP contribution in [0.5, 0.6) is 5.75 Å². The van der Waals surface area contributed by atoms with Gasteiger partial charge in [0.2, 0.25) is 0 Å². The Kier molecular flexibility index (Phi) is 5.07. The second-order valence-electron chi connectivity index (χ2n) is 6.88. The Balaban J connectivity index is 1.74. The molecule has 0 saturated carbocycles. The van der Waals surface area contributed by atoms with Gasteiger partial charge in [0.1, 0.15) is 11.3 Å². The molecule has 0 N–H and O–H groups in total. The molecule has 0 spiro atoms. The molecule has 4 rings (SSSR count). The van der Waals surface area contributed by atoms with Crippen molar-refractivity contribution in [1.29, 1.82) is 0 Å². The number of fused-ring (bicyclic) bond motifs is 3. The number of halogens is 1. The second kappa shape index (κ2) is 7.66. The monoisotopic (exact) mass is 393 g/mol. The zero-order chi connectivity index (χ0) is 19.7. The van der Waals surface area contributed by atoms with Crippen LogP contribution in [0.3, 0.4) is 0 Å². The van der Waals surface area contributed by atoms with Gasteiger partial charge in [0.25, 0.3) is 0 Å². The predicted molar refractivity (Wildman–Crippen MR) is 113 cm³/mol. The summed E-state index contributed by atoms with van der Waals surface area (Å²) < 4.78 is 10.9. The highest BCUT2D eigenvalue weighted by molar-refractivity contribution is 6.30. The molecule has 142 valence electrons. The van der Waals surface area contributed by atoms with E-state index in [2.05, 4.69) is 17.0 Å². The molecule has 5 heteroatoms. The van der Waals surface area contributed by atoms with Crippen LogP contribution in [0.15, 0.2) is 69.9 Å². The Morgan fingerprint density at radius 2 is 1.79 bits per heavy atom. The fourth-order valence-corrected chi connectivity index (χ4v) is 3.85. The summed E-state index contributed by atoms with van der Waals surface area (Å²) in [7, 11) is 3.65. The highest BCUT2D eigenvalue weighted by Crippen LogP contribution is 2.29. The minimum absolute atomic E-state index is 0.341. The van der Waals surface area contributed by atoms with Crippen LogP contribution in [0.1, 0.15) is 11.1 Å².